The Balaban J connectivity index is 1.74. The number of benzene rings is 1. The summed E-state index contributed by atoms with van der Waals surface area (Å²) in [5.74, 6) is -0.274. The summed E-state index contributed by atoms with van der Waals surface area (Å²) in [7, 11) is 0. The molecule has 0 atom stereocenters. The molecule has 1 aromatic heterocycles. The Labute approximate surface area is 115 Å². The van der Waals surface area contributed by atoms with Gasteiger partial charge in [0, 0.05) is 17.5 Å². The van der Waals surface area contributed by atoms with E-state index in [4.69, 9.17) is 0 Å². The third-order valence-corrected chi connectivity index (χ3v) is 3.62. The highest BCUT2D eigenvalue weighted by atomic mass is 32.1. The number of rotatable bonds is 5. The second kappa shape index (κ2) is 6.43. The van der Waals surface area contributed by atoms with E-state index in [0.29, 0.717) is 19.4 Å². The van der Waals surface area contributed by atoms with E-state index in [0.717, 1.165) is 16.3 Å². The SMILES string of the molecule is Cc1csc(CNC(=O)CCc2ccc(F)cc2)n1. The maximum atomic E-state index is 12.7. The van der Waals surface area contributed by atoms with E-state index in [2.05, 4.69) is 10.3 Å². The van der Waals surface area contributed by atoms with Gasteiger partial charge in [-0.15, -0.1) is 11.3 Å². The van der Waals surface area contributed by atoms with Crippen LogP contribution in [0.2, 0.25) is 0 Å². The van der Waals surface area contributed by atoms with Crippen molar-refractivity contribution in [3.05, 3.63) is 51.7 Å². The summed E-state index contributed by atoms with van der Waals surface area (Å²) >= 11 is 1.54. The first-order chi connectivity index (χ1) is 9.13. The molecule has 0 aliphatic heterocycles. The van der Waals surface area contributed by atoms with Gasteiger partial charge in [0.25, 0.3) is 0 Å². The molecule has 5 heteroatoms. The minimum Gasteiger partial charge on any atom is -0.350 e. The van der Waals surface area contributed by atoms with Crippen LogP contribution in [-0.4, -0.2) is 10.9 Å². The number of hydrogen-bond acceptors (Lipinski definition) is 3. The minimum atomic E-state index is -0.257. The maximum Gasteiger partial charge on any atom is 0.220 e. The molecule has 0 spiro atoms. The molecule has 1 aromatic carbocycles. The van der Waals surface area contributed by atoms with E-state index in [1.54, 1.807) is 23.5 Å². The molecule has 0 aliphatic carbocycles. The molecular formula is C14H15FN2OS. The fraction of sp³-hybridized carbons (Fsp3) is 0.286. The highest BCUT2D eigenvalue weighted by Gasteiger charge is 2.04. The average Bonchev–Trinajstić information content (AvgIpc) is 2.81. The molecule has 0 saturated heterocycles. The van der Waals surface area contributed by atoms with Crippen molar-refractivity contribution in [1.82, 2.24) is 10.3 Å². The predicted octanol–water partition coefficient (Wildman–Crippen LogP) is 2.84. The number of nitrogens with one attached hydrogen (secondary N) is 1. The summed E-state index contributed by atoms with van der Waals surface area (Å²) in [6.07, 6.45) is 1.01. The number of aromatic nitrogens is 1. The number of carbonyl (C=O) groups is 1. The van der Waals surface area contributed by atoms with Crippen molar-refractivity contribution in [3.8, 4) is 0 Å². The molecule has 2 rings (SSSR count). The van der Waals surface area contributed by atoms with Crippen LogP contribution in [0.15, 0.2) is 29.6 Å². The quantitative estimate of drug-likeness (QED) is 0.913. The summed E-state index contributed by atoms with van der Waals surface area (Å²) in [5.41, 5.74) is 1.93. The van der Waals surface area contributed by atoms with Crippen LogP contribution < -0.4 is 5.32 Å². The highest BCUT2D eigenvalue weighted by molar-refractivity contribution is 7.09. The molecule has 1 N–H and O–H groups in total. The van der Waals surface area contributed by atoms with E-state index in [-0.39, 0.29) is 11.7 Å². The molecule has 0 aliphatic rings. The molecule has 0 unspecified atom stereocenters. The van der Waals surface area contributed by atoms with Gasteiger partial charge in [0.05, 0.1) is 6.54 Å². The first-order valence-corrected chi connectivity index (χ1v) is 6.93. The normalized spacial score (nSPS) is 10.4. The average molecular weight is 278 g/mol. The summed E-state index contributed by atoms with van der Waals surface area (Å²) in [6.45, 7) is 2.40. The predicted molar refractivity (Wildman–Crippen MR) is 73.4 cm³/mol. The van der Waals surface area contributed by atoms with Gasteiger partial charge < -0.3 is 5.32 Å². The summed E-state index contributed by atoms with van der Waals surface area (Å²) < 4.78 is 12.7. The molecule has 0 bridgehead atoms. The number of nitrogens with zero attached hydrogens (tertiary/aromatic N) is 1. The van der Waals surface area contributed by atoms with Crippen molar-refractivity contribution in [2.75, 3.05) is 0 Å². The largest absolute Gasteiger partial charge is 0.350 e. The van der Waals surface area contributed by atoms with Crippen molar-refractivity contribution in [2.45, 2.75) is 26.3 Å². The van der Waals surface area contributed by atoms with Gasteiger partial charge in [-0.05, 0) is 31.0 Å². The summed E-state index contributed by atoms with van der Waals surface area (Å²) in [6, 6.07) is 6.22. The molecule has 2 aromatic rings. The number of aryl methyl sites for hydroxylation is 2. The molecule has 0 saturated carbocycles. The van der Waals surface area contributed by atoms with Gasteiger partial charge in [-0.25, -0.2) is 9.37 Å². The van der Waals surface area contributed by atoms with Gasteiger partial charge in [-0.2, -0.15) is 0 Å². The number of amides is 1. The molecule has 1 heterocycles. The van der Waals surface area contributed by atoms with Crippen LogP contribution in [0.3, 0.4) is 0 Å². The zero-order valence-electron chi connectivity index (χ0n) is 10.6. The Morgan fingerprint density at radius 3 is 2.74 bits per heavy atom. The standard InChI is InChI=1S/C14H15FN2OS/c1-10-9-19-14(17-10)8-16-13(18)7-4-11-2-5-12(15)6-3-11/h2-3,5-6,9H,4,7-8H2,1H3,(H,16,18). The van der Waals surface area contributed by atoms with E-state index in [9.17, 15) is 9.18 Å². The van der Waals surface area contributed by atoms with Crippen LogP contribution in [0.5, 0.6) is 0 Å². The molecule has 3 nitrogen and oxygen atoms in total. The number of carbonyl (C=O) groups excluding carboxylic acids is 1. The van der Waals surface area contributed by atoms with Gasteiger partial charge in [0.15, 0.2) is 0 Å². The lowest BCUT2D eigenvalue weighted by Crippen LogP contribution is -2.22. The third-order valence-electron chi connectivity index (χ3n) is 2.66. The van der Waals surface area contributed by atoms with Gasteiger partial charge in [0.1, 0.15) is 10.8 Å². The molecular weight excluding hydrogens is 263 g/mol. The Morgan fingerprint density at radius 2 is 2.11 bits per heavy atom. The lowest BCUT2D eigenvalue weighted by Gasteiger charge is -2.03. The molecule has 0 fully saturated rings. The van der Waals surface area contributed by atoms with Gasteiger partial charge in [0.2, 0.25) is 5.91 Å². The monoisotopic (exact) mass is 278 g/mol. The van der Waals surface area contributed by atoms with E-state index >= 15 is 0 Å². The number of hydrogen-bond donors (Lipinski definition) is 1. The second-order valence-corrected chi connectivity index (χ2v) is 5.23. The van der Waals surface area contributed by atoms with Gasteiger partial charge >= 0.3 is 0 Å². The van der Waals surface area contributed by atoms with Crippen molar-refractivity contribution >= 4 is 17.2 Å². The lowest BCUT2D eigenvalue weighted by molar-refractivity contribution is -0.121. The van der Waals surface area contributed by atoms with Crippen molar-refractivity contribution in [1.29, 1.82) is 0 Å². The Hall–Kier alpha value is -1.75. The van der Waals surface area contributed by atoms with Crippen LogP contribution >= 0.6 is 11.3 Å². The Morgan fingerprint density at radius 1 is 1.37 bits per heavy atom. The van der Waals surface area contributed by atoms with Gasteiger partial charge in [-0.1, -0.05) is 12.1 Å². The maximum absolute atomic E-state index is 12.7. The van der Waals surface area contributed by atoms with E-state index < -0.39 is 0 Å². The first-order valence-electron chi connectivity index (χ1n) is 6.05. The van der Waals surface area contributed by atoms with Crippen molar-refractivity contribution < 1.29 is 9.18 Å². The molecule has 100 valence electrons. The zero-order valence-corrected chi connectivity index (χ0v) is 11.5. The Kier molecular flexibility index (Phi) is 4.63. The van der Waals surface area contributed by atoms with Crippen molar-refractivity contribution in [3.63, 3.8) is 0 Å². The lowest BCUT2D eigenvalue weighted by atomic mass is 10.1. The zero-order chi connectivity index (χ0) is 13.7. The fourth-order valence-corrected chi connectivity index (χ4v) is 2.37. The minimum absolute atomic E-state index is 0.0165. The van der Waals surface area contributed by atoms with Crippen LogP contribution in [0.4, 0.5) is 4.39 Å². The number of halogens is 1. The van der Waals surface area contributed by atoms with E-state index in [1.165, 1.54) is 12.1 Å². The third kappa shape index (κ3) is 4.44. The smallest absolute Gasteiger partial charge is 0.220 e. The molecule has 1 amide bonds. The highest BCUT2D eigenvalue weighted by Crippen LogP contribution is 2.08. The summed E-state index contributed by atoms with van der Waals surface area (Å²) in [5, 5.41) is 5.70. The molecule has 0 radical (unpaired) electrons. The van der Waals surface area contributed by atoms with Crippen LogP contribution in [-0.2, 0) is 17.8 Å². The van der Waals surface area contributed by atoms with E-state index in [1.807, 2.05) is 12.3 Å². The summed E-state index contributed by atoms with van der Waals surface area (Å²) in [4.78, 5) is 15.9. The van der Waals surface area contributed by atoms with Crippen LogP contribution in [0, 0.1) is 12.7 Å². The Bertz CT molecular complexity index is 551. The van der Waals surface area contributed by atoms with Crippen LogP contribution in [0.1, 0.15) is 22.7 Å². The second-order valence-electron chi connectivity index (χ2n) is 4.29. The van der Waals surface area contributed by atoms with Gasteiger partial charge in [-0.3, -0.25) is 4.79 Å². The topological polar surface area (TPSA) is 42.0 Å². The van der Waals surface area contributed by atoms with Crippen molar-refractivity contribution in [2.24, 2.45) is 0 Å². The molecule has 19 heavy (non-hydrogen) atoms. The first kappa shape index (κ1) is 13.7. The van der Waals surface area contributed by atoms with Crippen LogP contribution in [0.25, 0.3) is 0 Å². The number of thiazole rings is 1. The fourth-order valence-electron chi connectivity index (χ4n) is 1.66.